The van der Waals surface area contributed by atoms with Crippen molar-refractivity contribution in [3.8, 4) is 0 Å². The van der Waals surface area contributed by atoms with Crippen LogP contribution in [0.3, 0.4) is 0 Å². The van der Waals surface area contributed by atoms with Crippen LogP contribution < -0.4 is 5.32 Å². The summed E-state index contributed by atoms with van der Waals surface area (Å²) >= 11 is 0. The number of anilines is 1. The van der Waals surface area contributed by atoms with E-state index in [1.807, 2.05) is 0 Å². The van der Waals surface area contributed by atoms with Crippen molar-refractivity contribution < 1.29 is 18.0 Å². The third kappa shape index (κ3) is 2.20. The largest absolute Gasteiger partial charge is 0.319 e. The molecule has 0 aliphatic carbocycles. The van der Waals surface area contributed by atoms with Crippen LogP contribution in [0.15, 0.2) is 18.3 Å². The molecule has 1 aromatic heterocycles. The Kier molecular flexibility index (Phi) is 3.05. The van der Waals surface area contributed by atoms with Crippen molar-refractivity contribution in [2.45, 2.75) is 6.92 Å². The Morgan fingerprint density at radius 2 is 1.89 bits per heavy atom. The molecule has 4 nitrogen and oxygen atoms in total. The molecule has 0 unspecified atom stereocenters. The fraction of sp³-hybridized carbons (Fsp3) is 0.0909. The highest BCUT2D eigenvalue weighted by atomic mass is 19.2. The first-order chi connectivity index (χ1) is 8.49. The molecular weight excluding hydrogens is 247 g/mol. The molecule has 0 fully saturated rings. The van der Waals surface area contributed by atoms with Crippen molar-refractivity contribution in [1.29, 1.82) is 0 Å². The van der Waals surface area contributed by atoms with Crippen molar-refractivity contribution in [1.82, 2.24) is 10.2 Å². The summed E-state index contributed by atoms with van der Waals surface area (Å²) in [5, 5.41) is 8.30. The molecule has 1 aromatic carbocycles. The number of aromatic nitrogens is 2. The monoisotopic (exact) mass is 255 g/mol. The maximum absolute atomic E-state index is 13.3. The number of hydrogen-bond acceptors (Lipinski definition) is 2. The van der Waals surface area contributed by atoms with Gasteiger partial charge in [-0.3, -0.25) is 9.89 Å². The van der Waals surface area contributed by atoms with Crippen LogP contribution >= 0.6 is 0 Å². The Labute approximate surface area is 99.8 Å². The molecule has 7 heteroatoms. The number of carbonyl (C=O) groups excluding carboxylic acids is 1. The van der Waals surface area contributed by atoms with E-state index in [9.17, 15) is 18.0 Å². The van der Waals surface area contributed by atoms with Gasteiger partial charge in [-0.25, -0.2) is 13.2 Å². The van der Waals surface area contributed by atoms with Gasteiger partial charge in [0.1, 0.15) is 5.82 Å². The topological polar surface area (TPSA) is 57.8 Å². The zero-order valence-electron chi connectivity index (χ0n) is 9.22. The van der Waals surface area contributed by atoms with Crippen LogP contribution in [0.2, 0.25) is 0 Å². The average Bonchev–Trinajstić information content (AvgIpc) is 2.72. The maximum atomic E-state index is 13.3. The minimum absolute atomic E-state index is 0.194. The average molecular weight is 255 g/mol. The number of H-pyrrole nitrogens is 1. The lowest BCUT2D eigenvalue weighted by atomic mass is 10.2. The van der Waals surface area contributed by atoms with Crippen molar-refractivity contribution in [2.24, 2.45) is 0 Å². The predicted molar refractivity (Wildman–Crippen MR) is 57.6 cm³/mol. The van der Waals surface area contributed by atoms with E-state index < -0.39 is 29.0 Å². The van der Waals surface area contributed by atoms with Gasteiger partial charge in [0.05, 0.1) is 17.4 Å². The first-order valence-electron chi connectivity index (χ1n) is 4.95. The van der Waals surface area contributed by atoms with E-state index >= 15 is 0 Å². The zero-order valence-corrected chi connectivity index (χ0v) is 9.22. The molecule has 0 atom stereocenters. The van der Waals surface area contributed by atoms with Crippen molar-refractivity contribution in [3.05, 3.63) is 47.0 Å². The normalized spacial score (nSPS) is 10.4. The highest BCUT2D eigenvalue weighted by molar-refractivity contribution is 6.04. The fourth-order valence-corrected chi connectivity index (χ4v) is 1.39. The molecular formula is C11H8F3N3O. The summed E-state index contributed by atoms with van der Waals surface area (Å²) in [5.74, 6) is -4.27. The smallest absolute Gasteiger partial charge is 0.259 e. The molecule has 18 heavy (non-hydrogen) atoms. The Hall–Kier alpha value is -2.31. The molecule has 2 aromatic rings. The highest BCUT2D eigenvalue weighted by Crippen LogP contribution is 2.19. The lowest BCUT2D eigenvalue weighted by Crippen LogP contribution is -2.14. The minimum atomic E-state index is -1.31. The van der Waals surface area contributed by atoms with Gasteiger partial charge in [0.25, 0.3) is 5.91 Å². The van der Waals surface area contributed by atoms with Gasteiger partial charge in [-0.2, -0.15) is 5.10 Å². The number of benzene rings is 1. The highest BCUT2D eigenvalue weighted by Gasteiger charge is 2.15. The lowest BCUT2D eigenvalue weighted by Gasteiger charge is -2.06. The molecule has 1 amide bonds. The van der Waals surface area contributed by atoms with Gasteiger partial charge in [-0.15, -0.1) is 0 Å². The summed E-state index contributed by atoms with van der Waals surface area (Å²) in [6.07, 6.45) is 1.25. The number of carbonyl (C=O) groups is 1. The van der Waals surface area contributed by atoms with Crippen molar-refractivity contribution in [2.75, 3.05) is 5.32 Å². The third-order valence-corrected chi connectivity index (χ3v) is 2.33. The Morgan fingerprint density at radius 1 is 1.22 bits per heavy atom. The van der Waals surface area contributed by atoms with E-state index in [1.54, 1.807) is 6.92 Å². The van der Waals surface area contributed by atoms with Gasteiger partial charge in [-0.05, 0) is 6.92 Å². The summed E-state index contributed by atoms with van der Waals surface area (Å²) in [5.41, 5.74) is 0.245. The van der Waals surface area contributed by atoms with Gasteiger partial charge in [0.2, 0.25) is 0 Å². The SMILES string of the molecule is Cc1[nH]ncc1C(=O)Nc1cc(F)c(F)cc1F. The molecule has 0 bridgehead atoms. The fourth-order valence-electron chi connectivity index (χ4n) is 1.39. The molecule has 0 saturated heterocycles. The van der Waals surface area contributed by atoms with Gasteiger partial charge in [-0.1, -0.05) is 0 Å². The van der Waals surface area contributed by atoms with Crippen molar-refractivity contribution in [3.63, 3.8) is 0 Å². The van der Waals surface area contributed by atoms with E-state index in [0.717, 1.165) is 0 Å². The standard InChI is InChI=1S/C11H8F3N3O/c1-5-6(4-15-17-5)11(18)16-10-3-8(13)7(12)2-9(10)14/h2-4H,1H3,(H,15,17)(H,16,18). The number of nitrogens with one attached hydrogen (secondary N) is 2. The van der Waals surface area contributed by atoms with E-state index in [2.05, 4.69) is 15.5 Å². The van der Waals surface area contributed by atoms with E-state index in [4.69, 9.17) is 0 Å². The number of aryl methyl sites for hydroxylation is 1. The predicted octanol–water partition coefficient (Wildman–Crippen LogP) is 2.39. The first kappa shape index (κ1) is 12.2. The Bertz CT molecular complexity index is 610. The number of rotatable bonds is 2. The van der Waals surface area contributed by atoms with Gasteiger partial charge < -0.3 is 5.32 Å². The Morgan fingerprint density at radius 3 is 2.50 bits per heavy atom. The molecule has 94 valence electrons. The molecule has 0 radical (unpaired) electrons. The zero-order chi connectivity index (χ0) is 13.3. The number of halogens is 3. The van der Waals surface area contributed by atoms with Crippen LogP contribution in [-0.2, 0) is 0 Å². The molecule has 2 rings (SSSR count). The summed E-state index contributed by atoms with van der Waals surface area (Å²) in [6, 6.07) is 0.950. The van der Waals surface area contributed by atoms with Crippen molar-refractivity contribution >= 4 is 11.6 Å². The number of nitrogens with zero attached hydrogens (tertiary/aromatic N) is 1. The van der Waals surface area contributed by atoms with Crippen LogP contribution in [0.1, 0.15) is 16.1 Å². The summed E-state index contributed by atoms with van der Waals surface area (Å²) in [4.78, 5) is 11.7. The first-order valence-corrected chi connectivity index (χ1v) is 4.95. The van der Waals surface area contributed by atoms with Crippen LogP contribution in [0.5, 0.6) is 0 Å². The summed E-state index contributed by atoms with van der Waals surface area (Å²) in [6.45, 7) is 1.60. The van der Waals surface area contributed by atoms with Crippen LogP contribution in [0.25, 0.3) is 0 Å². The van der Waals surface area contributed by atoms with E-state index in [1.165, 1.54) is 6.20 Å². The minimum Gasteiger partial charge on any atom is -0.319 e. The second-order valence-corrected chi connectivity index (χ2v) is 3.61. The lowest BCUT2D eigenvalue weighted by molar-refractivity contribution is 0.102. The molecule has 0 spiro atoms. The van der Waals surface area contributed by atoms with Gasteiger partial charge >= 0.3 is 0 Å². The molecule has 1 heterocycles. The van der Waals surface area contributed by atoms with Gasteiger partial charge in [0, 0.05) is 17.8 Å². The molecule has 0 aliphatic heterocycles. The third-order valence-electron chi connectivity index (χ3n) is 2.33. The van der Waals surface area contributed by atoms with Crippen LogP contribution in [-0.4, -0.2) is 16.1 Å². The Balaban J connectivity index is 2.28. The second kappa shape index (κ2) is 4.52. The number of aromatic amines is 1. The number of hydrogen-bond donors (Lipinski definition) is 2. The quantitative estimate of drug-likeness (QED) is 0.809. The molecule has 0 saturated carbocycles. The summed E-state index contributed by atoms with van der Waals surface area (Å²) in [7, 11) is 0. The molecule has 2 N–H and O–H groups in total. The van der Waals surface area contributed by atoms with Gasteiger partial charge in [0.15, 0.2) is 11.6 Å². The molecule has 0 aliphatic rings. The maximum Gasteiger partial charge on any atom is 0.259 e. The summed E-state index contributed by atoms with van der Waals surface area (Å²) < 4.78 is 38.9. The van der Waals surface area contributed by atoms with Crippen LogP contribution in [0, 0.1) is 24.4 Å². The second-order valence-electron chi connectivity index (χ2n) is 3.61. The van der Waals surface area contributed by atoms with E-state index in [0.29, 0.717) is 17.8 Å². The van der Waals surface area contributed by atoms with E-state index in [-0.39, 0.29) is 5.56 Å². The van der Waals surface area contributed by atoms with Crippen LogP contribution in [0.4, 0.5) is 18.9 Å². The number of amides is 1.